The summed E-state index contributed by atoms with van der Waals surface area (Å²) in [5, 5.41) is 2.80. The number of amides is 1. The summed E-state index contributed by atoms with van der Waals surface area (Å²) >= 11 is 0. The van der Waals surface area contributed by atoms with E-state index >= 15 is 0 Å². The molecule has 0 bridgehead atoms. The van der Waals surface area contributed by atoms with Crippen LogP contribution < -0.4 is 15.8 Å². The van der Waals surface area contributed by atoms with E-state index in [2.05, 4.69) is 5.32 Å². The first kappa shape index (κ1) is 13.7. The summed E-state index contributed by atoms with van der Waals surface area (Å²) in [4.78, 5) is 12.0. The third kappa shape index (κ3) is 3.64. The Hall–Kier alpha value is -2.27. The first-order valence-corrected chi connectivity index (χ1v) is 7.06. The van der Waals surface area contributed by atoms with Crippen molar-refractivity contribution in [3.05, 3.63) is 47.9 Å². The van der Waals surface area contributed by atoms with Crippen molar-refractivity contribution in [3.63, 3.8) is 0 Å². The van der Waals surface area contributed by atoms with E-state index in [1.165, 1.54) is 19.1 Å². The van der Waals surface area contributed by atoms with Crippen molar-refractivity contribution < 1.29 is 13.9 Å². The number of hydrogen-bond donors (Lipinski definition) is 2. The van der Waals surface area contributed by atoms with Gasteiger partial charge in [-0.15, -0.1) is 0 Å². The Bertz CT molecular complexity index is 615. The van der Waals surface area contributed by atoms with Crippen LogP contribution in [0.5, 0.6) is 5.75 Å². The lowest BCUT2D eigenvalue weighted by Gasteiger charge is -2.07. The highest BCUT2D eigenvalue weighted by Gasteiger charge is 2.21. The van der Waals surface area contributed by atoms with Crippen molar-refractivity contribution in [2.75, 3.05) is 11.9 Å². The Balaban J connectivity index is 1.57. The van der Waals surface area contributed by atoms with Crippen molar-refractivity contribution in [2.24, 2.45) is 11.7 Å². The van der Waals surface area contributed by atoms with Crippen LogP contribution in [0.2, 0.25) is 0 Å². The van der Waals surface area contributed by atoms with Crippen molar-refractivity contribution in [1.82, 2.24) is 0 Å². The summed E-state index contributed by atoms with van der Waals surface area (Å²) in [6.45, 7) is 1.06. The Morgan fingerprint density at radius 3 is 2.71 bits per heavy atom. The number of anilines is 1. The molecule has 1 fully saturated rings. The third-order valence-electron chi connectivity index (χ3n) is 3.41. The van der Waals surface area contributed by atoms with Gasteiger partial charge in [0.2, 0.25) is 0 Å². The Morgan fingerprint density at radius 1 is 1.33 bits per heavy atom. The monoisotopic (exact) mass is 286 g/mol. The molecule has 1 saturated carbocycles. The summed E-state index contributed by atoms with van der Waals surface area (Å²) in [6, 6.07) is 9.01. The summed E-state index contributed by atoms with van der Waals surface area (Å²) in [7, 11) is 0. The van der Waals surface area contributed by atoms with E-state index in [0.29, 0.717) is 17.0 Å². The number of nitrogens with two attached hydrogens (primary N) is 1. The molecule has 5 nitrogen and oxygen atoms in total. The second kappa shape index (κ2) is 6.01. The molecule has 2 aromatic rings. The number of furan rings is 1. The fourth-order valence-electron chi connectivity index (χ4n) is 1.94. The molecule has 0 aliphatic heterocycles. The zero-order valence-corrected chi connectivity index (χ0v) is 11.7. The molecular formula is C16H18N2O3. The smallest absolute Gasteiger partial charge is 0.258 e. The van der Waals surface area contributed by atoms with E-state index in [9.17, 15) is 4.79 Å². The molecular weight excluding hydrogens is 268 g/mol. The van der Waals surface area contributed by atoms with Gasteiger partial charge in [-0.2, -0.15) is 0 Å². The number of carbonyl (C=O) groups excluding carboxylic acids is 1. The minimum Gasteiger partial charge on any atom is -0.493 e. The van der Waals surface area contributed by atoms with Crippen LogP contribution in [0.15, 0.2) is 41.0 Å². The van der Waals surface area contributed by atoms with Crippen molar-refractivity contribution in [1.29, 1.82) is 0 Å². The minimum absolute atomic E-state index is 0.218. The minimum atomic E-state index is -0.218. The normalized spacial score (nSPS) is 14.0. The standard InChI is InChI=1S/C16H18N2O3/c17-8-15-7-12(10-21-15)16(19)18-13-3-5-14(6-4-13)20-9-11-1-2-11/h3-7,10-11H,1-2,8-9,17H2,(H,18,19). The maximum Gasteiger partial charge on any atom is 0.258 e. The predicted octanol–water partition coefficient (Wildman–Crippen LogP) is 2.78. The van der Waals surface area contributed by atoms with Crippen LogP contribution in [0.25, 0.3) is 0 Å². The molecule has 1 amide bonds. The van der Waals surface area contributed by atoms with Gasteiger partial charge in [-0.1, -0.05) is 0 Å². The second-order valence-corrected chi connectivity index (χ2v) is 5.24. The van der Waals surface area contributed by atoms with E-state index < -0.39 is 0 Å². The SMILES string of the molecule is NCc1cc(C(=O)Nc2ccc(OCC3CC3)cc2)co1. The molecule has 5 heteroatoms. The first-order chi connectivity index (χ1) is 10.2. The maximum absolute atomic E-state index is 12.0. The molecule has 110 valence electrons. The summed E-state index contributed by atoms with van der Waals surface area (Å²) in [6.07, 6.45) is 3.94. The quantitative estimate of drug-likeness (QED) is 0.856. The molecule has 1 aromatic heterocycles. The Kier molecular flexibility index (Phi) is 3.92. The van der Waals surface area contributed by atoms with Crippen molar-refractivity contribution in [2.45, 2.75) is 19.4 Å². The molecule has 1 aromatic carbocycles. The fourth-order valence-corrected chi connectivity index (χ4v) is 1.94. The Labute approximate surface area is 123 Å². The zero-order chi connectivity index (χ0) is 14.7. The summed E-state index contributed by atoms with van der Waals surface area (Å²) in [5.41, 5.74) is 6.63. The highest BCUT2D eigenvalue weighted by molar-refractivity contribution is 6.04. The lowest BCUT2D eigenvalue weighted by atomic mass is 10.2. The number of hydrogen-bond acceptors (Lipinski definition) is 4. The van der Waals surface area contributed by atoms with Gasteiger partial charge < -0.3 is 20.2 Å². The average molecular weight is 286 g/mol. The van der Waals surface area contributed by atoms with Gasteiger partial charge in [0.15, 0.2) is 0 Å². The molecule has 1 aliphatic carbocycles. The molecule has 21 heavy (non-hydrogen) atoms. The van der Waals surface area contributed by atoms with Crippen LogP contribution in [-0.4, -0.2) is 12.5 Å². The number of nitrogens with one attached hydrogen (secondary N) is 1. The van der Waals surface area contributed by atoms with Crippen LogP contribution in [0, 0.1) is 5.92 Å². The molecule has 0 unspecified atom stereocenters. The van der Waals surface area contributed by atoms with Gasteiger partial charge in [0.05, 0.1) is 18.7 Å². The highest BCUT2D eigenvalue weighted by atomic mass is 16.5. The molecule has 1 heterocycles. The number of carbonyl (C=O) groups is 1. The van der Waals surface area contributed by atoms with Gasteiger partial charge in [0.1, 0.15) is 17.8 Å². The lowest BCUT2D eigenvalue weighted by Crippen LogP contribution is -2.10. The van der Waals surface area contributed by atoms with Gasteiger partial charge in [0, 0.05) is 5.69 Å². The number of benzene rings is 1. The first-order valence-electron chi connectivity index (χ1n) is 7.06. The van der Waals surface area contributed by atoms with Gasteiger partial charge >= 0.3 is 0 Å². The molecule has 0 saturated heterocycles. The molecule has 3 N–H and O–H groups in total. The van der Waals surface area contributed by atoms with E-state index in [4.69, 9.17) is 14.9 Å². The Morgan fingerprint density at radius 2 is 2.10 bits per heavy atom. The van der Waals surface area contributed by atoms with Gasteiger partial charge in [-0.3, -0.25) is 4.79 Å². The second-order valence-electron chi connectivity index (χ2n) is 5.24. The van der Waals surface area contributed by atoms with E-state index in [0.717, 1.165) is 18.3 Å². The molecule has 0 spiro atoms. The van der Waals surface area contributed by atoms with E-state index in [1.807, 2.05) is 24.3 Å². The van der Waals surface area contributed by atoms with Crippen LogP contribution in [-0.2, 0) is 6.54 Å². The predicted molar refractivity (Wildman–Crippen MR) is 79.2 cm³/mol. The molecule has 0 radical (unpaired) electrons. The molecule has 3 rings (SSSR count). The van der Waals surface area contributed by atoms with Crippen LogP contribution in [0.4, 0.5) is 5.69 Å². The van der Waals surface area contributed by atoms with E-state index in [-0.39, 0.29) is 12.5 Å². The lowest BCUT2D eigenvalue weighted by molar-refractivity contribution is 0.102. The summed E-state index contributed by atoms with van der Waals surface area (Å²) in [5.74, 6) is 1.92. The molecule has 0 atom stereocenters. The van der Waals surface area contributed by atoms with Gasteiger partial charge in [0.25, 0.3) is 5.91 Å². The third-order valence-corrected chi connectivity index (χ3v) is 3.41. The van der Waals surface area contributed by atoms with E-state index in [1.54, 1.807) is 6.07 Å². The topological polar surface area (TPSA) is 77.5 Å². The zero-order valence-electron chi connectivity index (χ0n) is 11.7. The van der Waals surface area contributed by atoms with Crippen LogP contribution in [0.3, 0.4) is 0 Å². The fraction of sp³-hybridized carbons (Fsp3) is 0.312. The van der Waals surface area contributed by atoms with Crippen LogP contribution in [0.1, 0.15) is 29.0 Å². The maximum atomic E-state index is 12.0. The summed E-state index contributed by atoms with van der Waals surface area (Å²) < 4.78 is 10.8. The van der Waals surface area contributed by atoms with Gasteiger partial charge in [-0.05, 0) is 49.1 Å². The van der Waals surface area contributed by atoms with Gasteiger partial charge in [-0.25, -0.2) is 0 Å². The average Bonchev–Trinajstić information content (AvgIpc) is 3.21. The number of ether oxygens (including phenoxy) is 1. The van der Waals surface area contributed by atoms with Crippen molar-refractivity contribution in [3.8, 4) is 5.75 Å². The molecule has 1 aliphatic rings. The largest absolute Gasteiger partial charge is 0.493 e. The van der Waals surface area contributed by atoms with Crippen LogP contribution >= 0.6 is 0 Å². The van der Waals surface area contributed by atoms with Crippen molar-refractivity contribution >= 4 is 11.6 Å². The number of rotatable bonds is 6. The highest BCUT2D eigenvalue weighted by Crippen LogP contribution is 2.29.